The number of nitrogens with zero attached hydrogens (tertiary/aromatic N) is 2. The van der Waals surface area contributed by atoms with Crippen molar-refractivity contribution < 1.29 is 5.11 Å². The molecule has 3 nitrogen and oxygen atoms in total. The average Bonchev–Trinajstić information content (AvgIpc) is 2.76. The zero-order valence-electron chi connectivity index (χ0n) is 9.96. The van der Waals surface area contributed by atoms with Crippen molar-refractivity contribution in [1.82, 2.24) is 0 Å². The smallest absolute Gasteiger partial charge is 0.433 e. The molecule has 0 aliphatic heterocycles. The van der Waals surface area contributed by atoms with Crippen molar-refractivity contribution >= 4 is 16.5 Å². The van der Waals surface area contributed by atoms with Crippen LogP contribution in [0.2, 0.25) is 0 Å². The van der Waals surface area contributed by atoms with E-state index in [1.807, 2.05) is 30.3 Å². The van der Waals surface area contributed by atoms with Gasteiger partial charge in [-0.1, -0.05) is 36.4 Å². The second kappa shape index (κ2) is 3.33. The molecule has 0 atom stereocenters. The molecule has 3 aromatic carbocycles. The van der Waals surface area contributed by atoms with E-state index >= 15 is 0 Å². The van der Waals surface area contributed by atoms with Gasteiger partial charge in [-0.05, 0) is 34.4 Å². The lowest BCUT2D eigenvalue weighted by Gasteiger charge is -2.00. The number of fused-ring (bicyclic) bond motifs is 3. The predicted octanol–water partition coefficient (Wildman–Crippen LogP) is 4.68. The number of phenolic OH excluding ortho intramolecular Hbond substituents is 1. The Hall–Kier alpha value is -2.86. The summed E-state index contributed by atoms with van der Waals surface area (Å²) in [5.41, 5.74) is 4.60. The van der Waals surface area contributed by atoms with Crippen molar-refractivity contribution in [3.05, 3.63) is 53.5 Å². The molecule has 0 unspecified atom stereocenters. The van der Waals surface area contributed by atoms with E-state index in [-0.39, 0.29) is 11.4 Å². The molecule has 0 heterocycles. The van der Waals surface area contributed by atoms with E-state index in [0.29, 0.717) is 0 Å². The van der Waals surface area contributed by atoms with E-state index in [1.165, 1.54) is 0 Å². The molecule has 3 aromatic rings. The van der Waals surface area contributed by atoms with Gasteiger partial charge >= 0.3 is 5.69 Å². The molecule has 0 fully saturated rings. The standard InChI is InChI=1S/C16H8N2O/c17-18-16-12-7-3-6-11-9-4-1-2-5-10(9)13(15(11)12)8-14(16)19/h1-8H/p+1. The monoisotopic (exact) mass is 245 g/mol. The fourth-order valence-electron chi connectivity index (χ4n) is 2.95. The lowest BCUT2D eigenvalue weighted by Crippen LogP contribution is -1.77. The molecule has 1 aliphatic rings. The number of phenols is 1. The van der Waals surface area contributed by atoms with Crippen molar-refractivity contribution in [2.75, 3.05) is 0 Å². The van der Waals surface area contributed by atoms with Gasteiger partial charge in [-0.25, -0.2) is 0 Å². The molecular formula is C16H9N2O+. The summed E-state index contributed by atoms with van der Waals surface area (Å²) in [5.74, 6) is -0.00106. The van der Waals surface area contributed by atoms with Gasteiger partial charge in [0, 0.05) is 5.39 Å². The highest BCUT2D eigenvalue weighted by Gasteiger charge is 2.28. The molecule has 0 aromatic heterocycles. The van der Waals surface area contributed by atoms with Crippen LogP contribution in [0.3, 0.4) is 0 Å². The molecule has 1 N–H and O–H groups in total. The Morgan fingerprint density at radius 1 is 0.842 bits per heavy atom. The third-order valence-corrected chi connectivity index (χ3v) is 3.72. The second-order valence-corrected chi connectivity index (χ2v) is 4.67. The lowest BCUT2D eigenvalue weighted by atomic mass is 10.0. The number of rotatable bonds is 0. The topological polar surface area (TPSA) is 48.4 Å². The molecule has 0 saturated carbocycles. The Bertz CT molecular complexity index is 891. The molecule has 3 heteroatoms. The first kappa shape index (κ1) is 10.1. The fraction of sp³-hybridized carbons (Fsp3) is 0. The van der Waals surface area contributed by atoms with Crippen LogP contribution in [0.1, 0.15) is 0 Å². The maximum atomic E-state index is 10.0. The second-order valence-electron chi connectivity index (χ2n) is 4.67. The molecule has 0 bridgehead atoms. The van der Waals surface area contributed by atoms with E-state index in [4.69, 9.17) is 5.39 Å². The molecule has 0 radical (unpaired) electrons. The van der Waals surface area contributed by atoms with Crippen LogP contribution >= 0.6 is 0 Å². The van der Waals surface area contributed by atoms with Gasteiger partial charge < -0.3 is 5.11 Å². The molecule has 4 rings (SSSR count). The Kier molecular flexibility index (Phi) is 1.77. The maximum absolute atomic E-state index is 10.0. The summed E-state index contributed by atoms with van der Waals surface area (Å²) in [6.45, 7) is 0. The SMILES string of the molecule is N#[N+]c1c(O)cc2c3c(cccc13)-c1ccccc1-2. The first-order chi connectivity index (χ1) is 9.31. The Morgan fingerprint density at radius 3 is 2.26 bits per heavy atom. The van der Waals surface area contributed by atoms with Gasteiger partial charge in [-0.15, -0.1) is 0 Å². The first-order valence-electron chi connectivity index (χ1n) is 6.05. The summed E-state index contributed by atoms with van der Waals surface area (Å²) in [6.07, 6.45) is 0. The van der Waals surface area contributed by atoms with Crippen LogP contribution in [-0.2, 0) is 0 Å². The minimum atomic E-state index is -0.00106. The number of diazo groups is 1. The van der Waals surface area contributed by atoms with Crippen LogP contribution in [0.25, 0.3) is 38.0 Å². The van der Waals surface area contributed by atoms with Gasteiger partial charge in [0.05, 0.1) is 5.39 Å². The zero-order chi connectivity index (χ0) is 13.0. The largest absolute Gasteiger partial charge is 0.501 e. The molecule has 0 saturated heterocycles. The van der Waals surface area contributed by atoms with Crippen LogP contribution in [0.5, 0.6) is 5.75 Å². The first-order valence-corrected chi connectivity index (χ1v) is 6.05. The Balaban J connectivity index is 2.30. The number of hydrogen-bond donors (Lipinski definition) is 1. The molecular weight excluding hydrogens is 236 g/mol. The van der Waals surface area contributed by atoms with E-state index in [2.05, 4.69) is 17.1 Å². The number of aromatic hydroxyl groups is 1. The molecule has 88 valence electrons. The van der Waals surface area contributed by atoms with Crippen molar-refractivity contribution in [2.24, 2.45) is 0 Å². The van der Waals surface area contributed by atoms with Gasteiger partial charge in [0.15, 0.2) is 4.98 Å². The van der Waals surface area contributed by atoms with E-state index in [1.54, 1.807) is 6.07 Å². The van der Waals surface area contributed by atoms with Crippen LogP contribution < -0.4 is 0 Å². The third kappa shape index (κ3) is 1.13. The highest BCUT2D eigenvalue weighted by molar-refractivity contribution is 6.19. The van der Waals surface area contributed by atoms with Crippen molar-refractivity contribution in [1.29, 1.82) is 5.39 Å². The summed E-state index contributed by atoms with van der Waals surface area (Å²) < 4.78 is 0. The summed E-state index contributed by atoms with van der Waals surface area (Å²) >= 11 is 0. The van der Waals surface area contributed by atoms with Gasteiger partial charge in [0.2, 0.25) is 11.1 Å². The summed E-state index contributed by atoms with van der Waals surface area (Å²) in [4.78, 5) is 3.22. The van der Waals surface area contributed by atoms with Crippen LogP contribution in [0, 0.1) is 5.39 Å². The van der Waals surface area contributed by atoms with Crippen molar-refractivity contribution in [3.8, 4) is 28.0 Å². The van der Waals surface area contributed by atoms with Gasteiger partial charge in [-0.2, -0.15) is 0 Å². The molecule has 0 spiro atoms. The van der Waals surface area contributed by atoms with Gasteiger partial charge in [-0.3, -0.25) is 0 Å². The minimum Gasteiger partial charge on any atom is -0.501 e. The molecule has 1 aliphatic carbocycles. The molecule has 19 heavy (non-hydrogen) atoms. The quantitative estimate of drug-likeness (QED) is 0.457. The van der Waals surface area contributed by atoms with Crippen molar-refractivity contribution in [2.45, 2.75) is 0 Å². The lowest BCUT2D eigenvalue weighted by molar-refractivity contribution is 0.479. The van der Waals surface area contributed by atoms with Crippen LogP contribution in [0.15, 0.2) is 48.5 Å². The highest BCUT2D eigenvalue weighted by Crippen LogP contribution is 2.51. The predicted molar refractivity (Wildman–Crippen MR) is 74.8 cm³/mol. The third-order valence-electron chi connectivity index (χ3n) is 3.72. The Morgan fingerprint density at radius 2 is 1.53 bits per heavy atom. The zero-order valence-corrected chi connectivity index (χ0v) is 9.96. The number of benzene rings is 3. The molecule has 0 amide bonds. The van der Waals surface area contributed by atoms with Gasteiger partial charge in [0.25, 0.3) is 0 Å². The average molecular weight is 245 g/mol. The Labute approximate surface area is 109 Å². The maximum Gasteiger partial charge on any atom is 0.433 e. The van der Waals surface area contributed by atoms with Crippen molar-refractivity contribution in [3.63, 3.8) is 0 Å². The van der Waals surface area contributed by atoms with Gasteiger partial charge in [0.1, 0.15) is 0 Å². The summed E-state index contributed by atoms with van der Waals surface area (Å²) in [5, 5.41) is 20.9. The summed E-state index contributed by atoms with van der Waals surface area (Å²) in [6, 6.07) is 15.6. The minimum absolute atomic E-state index is 0.00106. The van der Waals surface area contributed by atoms with E-state index < -0.39 is 0 Å². The normalized spacial score (nSPS) is 11.3. The van der Waals surface area contributed by atoms with E-state index in [0.717, 1.165) is 33.0 Å². The highest BCUT2D eigenvalue weighted by atomic mass is 16.3. The number of hydrogen-bond acceptors (Lipinski definition) is 2. The van der Waals surface area contributed by atoms with Crippen LogP contribution in [-0.4, -0.2) is 5.11 Å². The summed E-state index contributed by atoms with van der Waals surface area (Å²) in [7, 11) is 0. The van der Waals surface area contributed by atoms with Crippen LogP contribution in [0.4, 0.5) is 5.69 Å². The fourth-order valence-corrected chi connectivity index (χ4v) is 2.95. The van der Waals surface area contributed by atoms with E-state index in [9.17, 15) is 5.11 Å².